The van der Waals surface area contributed by atoms with Crippen LogP contribution in [0.1, 0.15) is 11.1 Å². The smallest absolute Gasteiger partial charge is 0.175 e. The van der Waals surface area contributed by atoms with E-state index in [1.165, 1.54) is 11.1 Å². The van der Waals surface area contributed by atoms with E-state index in [0.717, 1.165) is 16.6 Å². The van der Waals surface area contributed by atoms with Crippen molar-refractivity contribution in [1.82, 2.24) is 0 Å². The van der Waals surface area contributed by atoms with E-state index in [4.69, 9.17) is 14.2 Å². The standard InChI is InChI=1S/C17H19BrO3/c1-19-8-9-21-17-15(18)11-14(12-16(17)20-2)10-13-6-4-3-5-7-13/h3-7,11-12H,8-10H2,1-2H3. The van der Waals surface area contributed by atoms with Crippen LogP contribution in [0.2, 0.25) is 0 Å². The van der Waals surface area contributed by atoms with Crippen molar-refractivity contribution in [2.75, 3.05) is 27.4 Å². The summed E-state index contributed by atoms with van der Waals surface area (Å²) in [7, 11) is 3.30. The molecule has 2 rings (SSSR count). The molecule has 0 aliphatic rings. The first kappa shape index (κ1) is 15.9. The summed E-state index contributed by atoms with van der Waals surface area (Å²) in [5.41, 5.74) is 2.43. The quantitative estimate of drug-likeness (QED) is 0.704. The molecule has 0 aromatic heterocycles. The van der Waals surface area contributed by atoms with Crippen molar-refractivity contribution in [1.29, 1.82) is 0 Å². The van der Waals surface area contributed by atoms with Crippen molar-refractivity contribution in [2.24, 2.45) is 0 Å². The molecule has 0 heterocycles. The topological polar surface area (TPSA) is 27.7 Å². The molecule has 0 N–H and O–H groups in total. The Kier molecular flexibility index (Phi) is 6.08. The van der Waals surface area contributed by atoms with Gasteiger partial charge < -0.3 is 14.2 Å². The Morgan fingerprint density at radius 2 is 1.71 bits per heavy atom. The largest absolute Gasteiger partial charge is 0.493 e. The van der Waals surface area contributed by atoms with Crippen LogP contribution in [0.15, 0.2) is 46.9 Å². The van der Waals surface area contributed by atoms with E-state index in [2.05, 4.69) is 34.1 Å². The fourth-order valence-electron chi connectivity index (χ4n) is 2.07. The highest BCUT2D eigenvalue weighted by atomic mass is 79.9. The molecule has 0 atom stereocenters. The maximum Gasteiger partial charge on any atom is 0.175 e. The molecule has 3 nitrogen and oxygen atoms in total. The second kappa shape index (κ2) is 8.05. The fraction of sp³-hybridized carbons (Fsp3) is 0.294. The molecule has 112 valence electrons. The van der Waals surface area contributed by atoms with Crippen LogP contribution in [0.3, 0.4) is 0 Å². The number of ether oxygens (including phenoxy) is 3. The Labute approximate surface area is 134 Å². The highest BCUT2D eigenvalue weighted by molar-refractivity contribution is 9.10. The predicted octanol–water partition coefficient (Wildman–Crippen LogP) is 4.07. The maximum atomic E-state index is 5.71. The summed E-state index contributed by atoms with van der Waals surface area (Å²) in [5.74, 6) is 1.44. The summed E-state index contributed by atoms with van der Waals surface area (Å²) in [6, 6.07) is 14.4. The molecule has 2 aromatic carbocycles. The van der Waals surface area contributed by atoms with Crippen molar-refractivity contribution in [3.05, 3.63) is 58.1 Å². The van der Waals surface area contributed by atoms with Gasteiger partial charge in [-0.05, 0) is 45.6 Å². The second-order valence-corrected chi connectivity index (χ2v) is 5.47. The molecule has 0 aliphatic heterocycles. The van der Waals surface area contributed by atoms with Crippen molar-refractivity contribution in [3.8, 4) is 11.5 Å². The van der Waals surface area contributed by atoms with Gasteiger partial charge >= 0.3 is 0 Å². The molecule has 2 aromatic rings. The lowest BCUT2D eigenvalue weighted by atomic mass is 10.0. The molecule has 0 saturated carbocycles. The van der Waals surface area contributed by atoms with Crippen LogP contribution in [0.5, 0.6) is 11.5 Å². The molecule has 0 bridgehead atoms. The van der Waals surface area contributed by atoms with Crippen LogP contribution < -0.4 is 9.47 Å². The summed E-state index contributed by atoms with van der Waals surface area (Å²) < 4.78 is 17.0. The number of rotatable bonds is 7. The van der Waals surface area contributed by atoms with Gasteiger partial charge in [-0.25, -0.2) is 0 Å². The third kappa shape index (κ3) is 4.48. The molecular weight excluding hydrogens is 332 g/mol. The van der Waals surface area contributed by atoms with Crippen molar-refractivity contribution in [2.45, 2.75) is 6.42 Å². The molecule has 0 unspecified atom stereocenters. The van der Waals surface area contributed by atoms with Gasteiger partial charge in [-0.2, -0.15) is 0 Å². The number of hydrogen-bond donors (Lipinski definition) is 0. The van der Waals surface area contributed by atoms with Gasteiger partial charge in [-0.15, -0.1) is 0 Å². The van der Waals surface area contributed by atoms with E-state index in [0.29, 0.717) is 19.0 Å². The monoisotopic (exact) mass is 350 g/mol. The van der Waals surface area contributed by atoms with Gasteiger partial charge in [-0.1, -0.05) is 30.3 Å². The Morgan fingerprint density at radius 1 is 0.952 bits per heavy atom. The van der Waals surface area contributed by atoms with E-state index in [1.54, 1.807) is 14.2 Å². The molecule has 21 heavy (non-hydrogen) atoms. The first-order valence-corrected chi connectivity index (χ1v) is 7.56. The van der Waals surface area contributed by atoms with Gasteiger partial charge in [0, 0.05) is 7.11 Å². The number of benzene rings is 2. The Balaban J connectivity index is 2.19. The minimum atomic E-state index is 0.490. The number of halogens is 1. The van der Waals surface area contributed by atoms with Gasteiger partial charge in [0.2, 0.25) is 0 Å². The summed E-state index contributed by atoms with van der Waals surface area (Å²) >= 11 is 3.56. The van der Waals surface area contributed by atoms with Gasteiger partial charge in [-0.3, -0.25) is 0 Å². The summed E-state index contributed by atoms with van der Waals surface area (Å²) in [6.45, 7) is 1.03. The zero-order valence-electron chi connectivity index (χ0n) is 12.3. The van der Waals surface area contributed by atoms with Crippen molar-refractivity contribution >= 4 is 15.9 Å². The van der Waals surface area contributed by atoms with Crippen molar-refractivity contribution < 1.29 is 14.2 Å². The van der Waals surface area contributed by atoms with E-state index in [-0.39, 0.29) is 0 Å². The second-order valence-electron chi connectivity index (χ2n) is 4.61. The normalized spacial score (nSPS) is 10.4. The summed E-state index contributed by atoms with van der Waals surface area (Å²) in [5, 5.41) is 0. The third-order valence-corrected chi connectivity index (χ3v) is 3.66. The highest BCUT2D eigenvalue weighted by Gasteiger charge is 2.12. The van der Waals surface area contributed by atoms with Crippen LogP contribution in [0.25, 0.3) is 0 Å². The minimum Gasteiger partial charge on any atom is -0.493 e. The Hall–Kier alpha value is -1.52. The van der Waals surface area contributed by atoms with Gasteiger partial charge in [0.1, 0.15) is 6.61 Å². The lowest BCUT2D eigenvalue weighted by Crippen LogP contribution is -2.06. The van der Waals surface area contributed by atoms with E-state index < -0.39 is 0 Å². The molecule has 0 radical (unpaired) electrons. The molecule has 0 saturated heterocycles. The summed E-state index contributed by atoms with van der Waals surface area (Å²) in [6.07, 6.45) is 0.855. The molecule has 0 spiro atoms. The maximum absolute atomic E-state index is 5.71. The highest BCUT2D eigenvalue weighted by Crippen LogP contribution is 2.37. The molecule has 0 amide bonds. The van der Waals surface area contributed by atoms with Crippen molar-refractivity contribution in [3.63, 3.8) is 0 Å². The van der Waals surface area contributed by atoms with Crippen LogP contribution >= 0.6 is 15.9 Å². The third-order valence-electron chi connectivity index (χ3n) is 3.07. The van der Waals surface area contributed by atoms with Crippen LogP contribution in [-0.2, 0) is 11.2 Å². The van der Waals surface area contributed by atoms with Gasteiger partial charge in [0.05, 0.1) is 18.2 Å². The lowest BCUT2D eigenvalue weighted by Gasteiger charge is -2.14. The zero-order chi connectivity index (χ0) is 15.1. The number of hydrogen-bond acceptors (Lipinski definition) is 3. The zero-order valence-corrected chi connectivity index (χ0v) is 13.9. The average molecular weight is 351 g/mol. The average Bonchev–Trinajstić information content (AvgIpc) is 2.50. The molecule has 4 heteroatoms. The first-order chi connectivity index (χ1) is 10.2. The fourth-order valence-corrected chi connectivity index (χ4v) is 2.68. The molecule has 0 aliphatic carbocycles. The van der Waals surface area contributed by atoms with Gasteiger partial charge in [0.25, 0.3) is 0 Å². The first-order valence-electron chi connectivity index (χ1n) is 6.76. The number of methoxy groups -OCH3 is 2. The van der Waals surface area contributed by atoms with E-state index in [9.17, 15) is 0 Å². The minimum absolute atomic E-state index is 0.490. The van der Waals surface area contributed by atoms with Crippen LogP contribution in [0, 0.1) is 0 Å². The Morgan fingerprint density at radius 3 is 2.38 bits per heavy atom. The SMILES string of the molecule is COCCOc1c(Br)cc(Cc2ccccc2)cc1OC. The van der Waals surface area contributed by atoms with Crippen LogP contribution in [0.4, 0.5) is 0 Å². The lowest BCUT2D eigenvalue weighted by molar-refractivity contribution is 0.143. The predicted molar refractivity (Wildman–Crippen MR) is 87.3 cm³/mol. The van der Waals surface area contributed by atoms with E-state index in [1.807, 2.05) is 24.3 Å². The molecular formula is C17H19BrO3. The van der Waals surface area contributed by atoms with Crippen LogP contribution in [-0.4, -0.2) is 27.4 Å². The van der Waals surface area contributed by atoms with E-state index >= 15 is 0 Å². The Bertz CT molecular complexity index is 570. The van der Waals surface area contributed by atoms with Gasteiger partial charge in [0.15, 0.2) is 11.5 Å². The molecule has 0 fully saturated rings. The summed E-state index contributed by atoms with van der Waals surface area (Å²) in [4.78, 5) is 0.